The molecular formula is C13H13N3O. The minimum Gasteiger partial charge on any atom is -0.488 e. The average Bonchev–Trinajstić information content (AvgIpc) is 2.32. The van der Waals surface area contributed by atoms with Crippen molar-refractivity contribution in [2.45, 2.75) is 12.5 Å². The van der Waals surface area contributed by atoms with E-state index in [1.807, 2.05) is 12.1 Å². The molecule has 1 aromatic rings. The van der Waals surface area contributed by atoms with E-state index in [1.165, 1.54) is 0 Å². The summed E-state index contributed by atoms with van der Waals surface area (Å²) in [5, 5.41) is 17.1. The maximum Gasteiger partial charge on any atom is 0.124 e. The predicted molar refractivity (Wildman–Crippen MR) is 62.2 cm³/mol. The van der Waals surface area contributed by atoms with Gasteiger partial charge in [-0.3, -0.25) is 4.90 Å². The summed E-state index contributed by atoms with van der Waals surface area (Å²) in [6, 6.07) is 11.3. The van der Waals surface area contributed by atoms with Gasteiger partial charge in [0.05, 0.1) is 17.7 Å². The van der Waals surface area contributed by atoms with Crippen LogP contribution >= 0.6 is 0 Å². The highest BCUT2D eigenvalue weighted by Gasteiger charge is 2.27. The van der Waals surface area contributed by atoms with Crippen LogP contribution in [0.15, 0.2) is 24.3 Å². The van der Waals surface area contributed by atoms with E-state index in [2.05, 4.69) is 17.0 Å². The predicted octanol–water partition coefficient (Wildman–Crippen LogP) is 1.53. The summed E-state index contributed by atoms with van der Waals surface area (Å²) < 4.78 is 5.73. The van der Waals surface area contributed by atoms with E-state index in [1.54, 1.807) is 12.1 Å². The molecule has 1 aromatic carbocycles. The lowest BCUT2D eigenvalue weighted by atomic mass is 10.1. The SMILES string of the molecule is N#CCCN1CC(Oc2ccc(C#N)cc2)C1. The van der Waals surface area contributed by atoms with E-state index in [0.717, 1.165) is 25.4 Å². The molecule has 2 rings (SSSR count). The van der Waals surface area contributed by atoms with Gasteiger partial charge in [0.15, 0.2) is 0 Å². The van der Waals surface area contributed by atoms with Crippen LogP contribution in [0.3, 0.4) is 0 Å². The van der Waals surface area contributed by atoms with Crippen molar-refractivity contribution in [2.24, 2.45) is 0 Å². The molecule has 0 N–H and O–H groups in total. The fourth-order valence-electron chi connectivity index (χ4n) is 1.79. The molecule has 4 nitrogen and oxygen atoms in total. The van der Waals surface area contributed by atoms with Crippen molar-refractivity contribution < 1.29 is 4.74 Å². The Morgan fingerprint density at radius 1 is 1.24 bits per heavy atom. The minimum absolute atomic E-state index is 0.210. The Morgan fingerprint density at radius 3 is 2.53 bits per heavy atom. The number of hydrogen-bond acceptors (Lipinski definition) is 4. The topological polar surface area (TPSA) is 60.1 Å². The Kier molecular flexibility index (Phi) is 3.59. The minimum atomic E-state index is 0.210. The highest BCUT2D eigenvalue weighted by molar-refractivity contribution is 5.34. The molecule has 1 saturated heterocycles. The smallest absolute Gasteiger partial charge is 0.124 e. The zero-order valence-electron chi connectivity index (χ0n) is 9.47. The summed E-state index contributed by atoms with van der Waals surface area (Å²) in [6.45, 7) is 2.58. The quantitative estimate of drug-likeness (QED) is 0.782. The maximum atomic E-state index is 8.66. The molecule has 1 aliphatic rings. The van der Waals surface area contributed by atoms with Crippen LogP contribution in [0.25, 0.3) is 0 Å². The van der Waals surface area contributed by atoms with E-state index in [9.17, 15) is 0 Å². The molecular weight excluding hydrogens is 214 g/mol. The zero-order valence-corrected chi connectivity index (χ0v) is 9.47. The molecule has 0 spiro atoms. The lowest BCUT2D eigenvalue weighted by Crippen LogP contribution is -2.53. The Morgan fingerprint density at radius 2 is 1.94 bits per heavy atom. The number of benzene rings is 1. The van der Waals surface area contributed by atoms with E-state index in [0.29, 0.717) is 12.0 Å². The zero-order chi connectivity index (χ0) is 12.1. The lowest BCUT2D eigenvalue weighted by Gasteiger charge is -2.38. The third kappa shape index (κ3) is 2.96. The number of rotatable bonds is 4. The standard InChI is InChI=1S/C13H13N3O/c14-6-1-7-16-9-13(10-16)17-12-4-2-11(8-15)3-5-12/h2-5,13H,1,7,9-10H2. The van der Waals surface area contributed by atoms with Crippen LogP contribution in [0.4, 0.5) is 0 Å². The Hall–Kier alpha value is -2.04. The first kappa shape index (κ1) is 11.4. The van der Waals surface area contributed by atoms with Gasteiger partial charge in [0.2, 0.25) is 0 Å². The molecule has 17 heavy (non-hydrogen) atoms. The molecule has 1 fully saturated rings. The normalized spacial score (nSPS) is 15.6. The first-order valence-electron chi connectivity index (χ1n) is 5.58. The number of nitriles is 2. The summed E-state index contributed by atoms with van der Waals surface area (Å²) >= 11 is 0. The number of nitrogens with zero attached hydrogens (tertiary/aromatic N) is 3. The van der Waals surface area contributed by atoms with Crippen molar-refractivity contribution in [3.8, 4) is 17.9 Å². The Labute approximate surface area is 101 Å². The number of likely N-dealkylation sites (tertiary alicyclic amines) is 1. The second-order valence-corrected chi connectivity index (χ2v) is 4.04. The van der Waals surface area contributed by atoms with E-state index >= 15 is 0 Å². The molecule has 0 bridgehead atoms. The largest absolute Gasteiger partial charge is 0.488 e. The summed E-state index contributed by atoms with van der Waals surface area (Å²) in [5.74, 6) is 0.800. The summed E-state index contributed by atoms with van der Waals surface area (Å²) in [7, 11) is 0. The van der Waals surface area contributed by atoms with Crippen LogP contribution in [0.5, 0.6) is 5.75 Å². The van der Waals surface area contributed by atoms with Crippen molar-refractivity contribution in [1.29, 1.82) is 10.5 Å². The monoisotopic (exact) mass is 227 g/mol. The first-order chi connectivity index (χ1) is 8.31. The first-order valence-corrected chi connectivity index (χ1v) is 5.58. The van der Waals surface area contributed by atoms with E-state index < -0.39 is 0 Å². The molecule has 1 heterocycles. The molecule has 0 atom stereocenters. The van der Waals surface area contributed by atoms with Crippen molar-refractivity contribution in [3.63, 3.8) is 0 Å². The van der Waals surface area contributed by atoms with E-state index in [4.69, 9.17) is 15.3 Å². The Bertz CT molecular complexity index is 449. The van der Waals surface area contributed by atoms with Gasteiger partial charge in [0.1, 0.15) is 11.9 Å². The summed E-state index contributed by atoms with van der Waals surface area (Å²) in [6.07, 6.45) is 0.783. The van der Waals surface area contributed by atoms with Gasteiger partial charge in [-0.05, 0) is 24.3 Å². The second-order valence-electron chi connectivity index (χ2n) is 4.04. The highest BCUT2D eigenvalue weighted by atomic mass is 16.5. The number of ether oxygens (including phenoxy) is 1. The molecule has 86 valence electrons. The Balaban J connectivity index is 1.76. The van der Waals surface area contributed by atoms with E-state index in [-0.39, 0.29) is 6.10 Å². The van der Waals surface area contributed by atoms with Crippen LogP contribution in [-0.4, -0.2) is 30.6 Å². The summed E-state index contributed by atoms with van der Waals surface area (Å²) in [5.41, 5.74) is 0.640. The van der Waals surface area contributed by atoms with Gasteiger partial charge < -0.3 is 4.74 Å². The molecule has 1 aliphatic heterocycles. The van der Waals surface area contributed by atoms with Gasteiger partial charge in [0.25, 0.3) is 0 Å². The van der Waals surface area contributed by atoms with Gasteiger partial charge in [0, 0.05) is 26.1 Å². The van der Waals surface area contributed by atoms with Crippen LogP contribution in [0.2, 0.25) is 0 Å². The van der Waals surface area contributed by atoms with Crippen molar-refractivity contribution in [3.05, 3.63) is 29.8 Å². The second kappa shape index (κ2) is 5.34. The third-order valence-corrected chi connectivity index (χ3v) is 2.75. The van der Waals surface area contributed by atoms with Gasteiger partial charge in [-0.25, -0.2) is 0 Å². The average molecular weight is 227 g/mol. The molecule has 0 amide bonds. The molecule has 0 aromatic heterocycles. The summed E-state index contributed by atoms with van der Waals surface area (Å²) in [4.78, 5) is 2.19. The van der Waals surface area contributed by atoms with Gasteiger partial charge in [-0.15, -0.1) is 0 Å². The fourth-order valence-corrected chi connectivity index (χ4v) is 1.79. The molecule has 0 unspecified atom stereocenters. The molecule has 4 heteroatoms. The van der Waals surface area contributed by atoms with Crippen LogP contribution < -0.4 is 4.74 Å². The molecule has 0 aliphatic carbocycles. The van der Waals surface area contributed by atoms with Crippen LogP contribution in [0, 0.1) is 22.7 Å². The number of hydrogen-bond donors (Lipinski definition) is 0. The molecule has 0 radical (unpaired) electrons. The highest BCUT2D eigenvalue weighted by Crippen LogP contribution is 2.18. The van der Waals surface area contributed by atoms with Gasteiger partial charge in [-0.2, -0.15) is 10.5 Å². The van der Waals surface area contributed by atoms with Crippen LogP contribution in [-0.2, 0) is 0 Å². The lowest BCUT2D eigenvalue weighted by molar-refractivity contribution is 0.0216. The van der Waals surface area contributed by atoms with Gasteiger partial charge >= 0.3 is 0 Å². The third-order valence-electron chi connectivity index (χ3n) is 2.75. The van der Waals surface area contributed by atoms with Crippen LogP contribution in [0.1, 0.15) is 12.0 Å². The van der Waals surface area contributed by atoms with Gasteiger partial charge in [-0.1, -0.05) is 0 Å². The van der Waals surface area contributed by atoms with Crippen molar-refractivity contribution in [1.82, 2.24) is 4.90 Å². The fraction of sp³-hybridized carbons (Fsp3) is 0.385. The van der Waals surface area contributed by atoms with Crippen molar-refractivity contribution >= 4 is 0 Å². The molecule has 0 saturated carbocycles. The van der Waals surface area contributed by atoms with Crippen molar-refractivity contribution in [2.75, 3.05) is 19.6 Å². The maximum absolute atomic E-state index is 8.66.